The first kappa shape index (κ1) is 20.3. The molecule has 0 aromatic heterocycles. The van der Waals surface area contributed by atoms with Crippen LogP contribution in [-0.4, -0.2) is 56.8 Å². The lowest BCUT2D eigenvalue weighted by molar-refractivity contribution is -0.122. The van der Waals surface area contributed by atoms with Crippen molar-refractivity contribution >= 4 is 27.5 Å². The Morgan fingerprint density at radius 1 is 1.27 bits per heavy atom. The smallest absolute Gasteiger partial charge is 0.243 e. The Bertz CT molecular complexity index is 749. The maximum atomic E-state index is 12.6. The third kappa shape index (κ3) is 5.26. The van der Waals surface area contributed by atoms with Crippen molar-refractivity contribution in [1.82, 2.24) is 14.9 Å². The third-order valence-electron chi connectivity index (χ3n) is 4.36. The van der Waals surface area contributed by atoms with Gasteiger partial charge in [0.1, 0.15) is 0 Å². The van der Waals surface area contributed by atoms with Gasteiger partial charge in [0.15, 0.2) is 0 Å². The molecule has 144 valence electrons. The zero-order chi connectivity index (χ0) is 19.3. The molecule has 1 aliphatic heterocycles. The number of nitrogens with zero attached hydrogens (tertiary/aromatic N) is 1. The van der Waals surface area contributed by atoms with Crippen molar-refractivity contribution in [2.24, 2.45) is 0 Å². The van der Waals surface area contributed by atoms with E-state index < -0.39 is 10.0 Å². The highest BCUT2D eigenvalue weighted by Gasteiger charge is 2.26. The van der Waals surface area contributed by atoms with Crippen LogP contribution in [-0.2, 0) is 19.6 Å². The van der Waals surface area contributed by atoms with Crippen LogP contribution in [0, 0.1) is 0 Å². The molecule has 0 saturated carbocycles. The predicted molar refractivity (Wildman–Crippen MR) is 99.2 cm³/mol. The fraction of sp³-hybridized carbons (Fsp3) is 0.529. The summed E-state index contributed by atoms with van der Waals surface area (Å²) in [5, 5.41) is 8.76. The third-order valence-corrected chi connectivity index (χ3v) is 6.17. The van der Waals surface area contributed by atoms with Crippen molar-refractivity contribution in [3.63, 3.8) is 0 Å². The number of carbonyl (C=O) groups excluding carboxylic acids is 2. The topological polar surface area (TPSA) is 108 Å². The van der Waals surface area contributed by atoms with Crippen LogP contribution in [0.5, 0.6) is 0 Å². The minimum Gasteiger partial charge on any atom is -0.351 e. The second-order valence-corrected chi connectivity index (χ2v) is 8.57. The van der Waals surface area contributed by atoms with Crippen molar-refractivity contribution in [1.29, 1.82) is 0 Å². The average molecular weight is 382 g/mol. The van der Waals surface area contributed by atoms with Gasteiger partial charge in [-0.15, -0.1) is 0 Å². The van der Waals surface area contributed by atoms with Gasteiger partial charge in [-0.05, 0) is 50.6 Å². The van der Waals surface area contributed by atoms with Gasteiger partial charge in [-0.3, -0.25) is 9.59 Å². The molecule has 1 fully saturated rings. The maximum absolute atomic E-state index is 12.6. The van der Waals surface area contributed by atoms with Crippen molar-refractivity contribution in [2.45, 2.75) is 43.7 Å². The molecule has 0 bridgehead atoms. The van der Waals surface area contributed by atoms with E-state index >= 15 is 0 Å². The van der Waals surface area contributed by atoms with E-state index in [2.05, 4.69) is 16.0 Å². The highest BCUT2D eigenvalue weighted by molar-refractivity contribution is 7.89. The largest absolute Gasteiger partial charge is 0.351 e. The van der Waals surface area contributed by atoms with Gasteiger partial charge in [-0.2, -0.15) is 4.31 Å². The van der Waals surface area contributed by atoms with Crippen LogP contribution < -0.4 is 16.0 Å². The van der Waals surface area contributed by atoms with Gasteiger partial charge < -0.3 is 16.0 Å². The molecule has 26 heavy (non-hydrogen) atoms. The van der Waals surface area contributed by atoms with Crippen LogP contribution in [0.15, 0.2) is 29.2 Å². The van der Waals surface area contributed by atoms with Crippen molar-refractivity contribution < 1.29 is 18.0 Å². The summed E-state index contributed by atoms with van der Waals surface area (Å²) in [7, 11) is -2.42. The molecule has 9 heteroatoms. The number of nitrogens with one attached hydrogen (secondary N) is 3. The molecule has 2 rings (SSSR count). The van der Waals surface area contributed by atoms with Crippen LogP contribution >= 0.6 is 0 Å². The first-order valence-corrected chi connectivity index (χ1v) is 10.0. The monoisotopic (exact) mass is 382 g/mol. The Morgan fingerprint density at radius 3 is 2.50 bits per heavy atom. The van der Waals surface area contributed by atoms with Gasteiger partial charge in [-0.25, -0.2) is 8.42 Å². The number of anilines is 1. The number of benzene rings is 1. The number of hydrogen-bond acceptors (Lipinski definition) is 5. The summed E-state index contributed by atoms with van der Waals surface area (Å²) in [4.78, 5) is 23.3. The summed E-state index contributed by atoms with van der Waals surface area (Å²) in [6.45, 7) is 4.05. The first-order valence-electron chi connectivity index (χ1n) is 8.57. The average Bonchev–Trinajstić information content (AvgIpc) is 2.57. The van der Waals surface area contributed by atoms with E-state index in [-0.39, 0.29) is 35.3 Å². The Balaban J connectivity index is 1.99. The number of rotatable bonds is 6. The summed E-state index contributed by atoms with van der Waals surface area (Å²) in [6, 6.07) is 6.00. The number of likely N-dealkylation sites (N-methyl/N-ethyl adjacent to an activating group) is 1. The first-order chi connectivity index (χ1) is 12.2. The van der Waals surface area contributed by atoms with Crippen molar-refractivity contribution in [3.05, 3.63) is 24.3 Å². The second kappa shape index (κ2) is 8.61. The Morgan fingerprint density at radius 2 is 1.92 bits per heavy atom. The van der Waals surface area contributed by atoms with Crippen LogP contribution in [0.2, 0.25) is 0 Å². The molecule has 1 aromatic carbocycles. The lowest BCUT2D eigenvalue weighted by Gasteiger charge is -2.31. The van der Waals surface area contributed by atoms with Crippen LogP contribution in [0.1, 0.15) is 26.7 Å². The zero-order valence-electron chi connectivity index (χ0n) is 15.3. The molecule has 1 aromatic rings. The number of sulfonamides is 1. The van der Waals surface area contributed by atoms with Crippen molar-refractivity contribution in [3.8, 4) is 0 Å². The minimum atomic E-state index is -3.79. The molecule has 3 N–H and O–H groups in total. The predicted octanol–water partition coefficient (Wildman–Crippen LogP) is 0.522. The van der Waals surface area contributed by atoms with Gasteiger partial charge in [-0.1, -0.05) is 0 Å². The molecule has 1 aliphatic rings. The normalized spacial score (nSPS) is 20.6. The molecule has 2 atom stereocenters. The van der Waals surface area contributed by atoms with Gasteiger partial charge in [0.05, 0.1) is 11.4 Å². The van der Waals surface area contributed by atoms with Crippen LogP contribution in [0.25, 0.3) is 0 Å². The Kier molecular flexibility index (Phi) is 6.74. The maximum Gasteiger partial charge on any atom is 0.243 e. The number of piperidine rings is 1. The van der Waals surface area contributed by atoms with E-state index in [4.69, 9.17) is 0 Å². The zero-order valence-corrected chi connectivity index (χ0v) is 16.1. The van der Waals surface area contributed by atoms with E-state index in [1.165, 1.54) is 38.2 Å². The summed E-state index contributed by atoms with van der Waals surface area (Å²) < 4.78 is 26.2. The number of carbonyl (C=O) groups is 2. The molecule has 0 radical (unpaired) electrons. The highest BCUT2D eigenvalue weighted by Crippen LogP contribution is 2.17. The SMILES string of the molecule is CC(=O)Nc1ccc(S(=O)(=O)N(C)CC(=O)NC2CCCNC2C)cc1. The highest BCUT2D eigenvalue weighted by atomic mass is 32.2. The second-order valence-electron chi connectivity index (χ2n) is 6.53. The molecule has 1 saturated heterocycles. The lowest BCUT2D eigenvalue weighted by atomic mass is 10.00. The molecule has 0 spiro atoms. The molecule has 1 heterocycles. The molecule has 2 unspecified atom stereocenters. The summed E-state index contributed by atoms with van der Waals surface area (Å²) in [5.41, 5.74) is 0.510. The van der Waals surface area contributed by atoms with E-state index in [0.717, 1.165) is 23.7 Å². The van der Waals surface area contributed by atoms with Crippen LogP contribution in [0.4, 0.5) is 5.69 Å². The lowest BCUT2D eigenvalue weighted by Crippen LogP contribution is -2.53. The van der Waals surface area contributed by atoms with Crippen LogP contribution in [0.3, 0.4) is 0 Å². The minimum absolute atomic E-state index is 0.00397. The van der Waals surface area contributed by atoms with Gasteiger partial charge in [0.2, 0.25) is 21.8 Å². The summed E-state index contributed by atoms with van der Waals surface area (Å²) in [5.74, 6) is -0.563. The fourth-order valence-corrected chi connectivity index (χ4v) is 4.00. The van der Waals surface area contributed by atoms with E-state index in [0.29, 0.717) is 5.69 Å². The number of amides is 2. The Labute approximate surface area is 154 Å². The fourth-order valence-electron chi connectivity index (χ4n) is 2.87. The van der Waals surface area contributed by atoms with E-state index in [9.17, 15) is 18.0 Å². The molecule has 8 nitrogen and oxygen atoms in total. The van der Waals surface area contributed by atoms with Gasteiger partial charge in [0, 0.05) is 31.7 Å². The molecule has 0 aliphatic carbocycles. The van der Waals surface area contributed by atoms with Gasteiger partial charge in [0.25, 0.3) is 0 Å². The summed E-state index contributed by atoms with van der Waals surface area (Å²) in [6.07, 6.45) is 1.85. The molecular weight excluding hydrogens is 356 g/mol. The molecule has 2 amide bonds. The number of hydrogen-bond donors (Lipinski definition) is 3. The summed E-state index contributed by atoms with van der Waals surface area (Å²) >= 11 is 0. The quantitative estimate of drug-likeness (QED) is 0.665. The van der Waals surface area contributed by atoms with E-state index in [1.54, 1.807) is 0 Å². The van der Waals surface area contributed by atoms with E-state index in [1.807, 2.05) is 6.92 Å². The van der Waals surface area contributed by atoms with Gasteiger partial charge >= 0.3 is 0 Å². The molecular formula is C17H26N4O4S. The Hall–Kier alpha value is -1.97. The van der Waals surface area contributed by atoms with Crippen molar-refractivity contribution in [2.75, 3.05) is 25.5 Å². The standard InChI is InChI=1S/C17H26N4O4S/c1-12-16(5-4-10-18-12)20-17(23)11-21(3)26(24,25)15-8-6-14(7-9-15)19-13(2)22/h6-9,12,16,18H,4-5,10-11H2,1-3H3,(H,19,22)(H,20,23).